The van der Waals surface area contributed by atoms with Crippen LogP contribution in [0.5, 0.6) is 0 Å². The molecule has 0 aliphatic carbocycles. The Labute approximate surface area is 162 Å². The van der Waals surface area contributed by atoms with Gasteiger partial charge in [-0.3, -0.25) is 9.10 Å². The summed E-state index contributed by atoms with van der Waals surface area (Å²) in [6, 6.07) is 9.77. The molecule has 0 saturated carbocycles. The van der Waals surface area contributed by atoms with Gasteiger partial charge in [-0.15, -0.1) is 0 Å². The van der Waals surface area contributed by atoms with Crippen LogP contribution in [0.2, 0.25) is 0 Å². The lowest BCUT2D eigenvalue weighted by atomic mass is 10.2. The molecule has 0 aromatic heterocycles. The number of hydrogen-bond acceptors (Lipinski definition) is 3. The molecule has 0 bridgehead atoms. The highest BCUT2D eigenvalue weighted by Gasteiger charge is 2.33. The zero-order chi connectivity index (χ0) is 20.9. The van der Waals surface area contributed by atoms with Gasteiger partial charge >= 0.3 is 6.18 Å². The second-order valence-electron chi connectivity index (χ2n) is 6.22. The summed E-state index contributed by atoms with van der Waals surface area (Å²) in [4.78, 5) is 12.0. The molecule has 0 spiro atoms. The summed E-state index contributed by atoms with van der Waals surface area (Å²) in [6.45, 7) is 3.31. The molecule has 0 saturated heterocycles. The Hall–Kier alpha value is -2.55. The first-order valence-corrected chi connectivity index (χ1v) is 10.0. The third kappa shape index (κ3) is 5.25. The van der Waals surface area contributed by atoms with E-state index in [1.807, 2.05) is 6.92 Å². The number of anilines is 1. The maximum Gasteiger partial charge on any atom is 0.416 e. The van der Waals surface area contributed by atoms with Crippen LogP contribution in [0.15, 0.2) is 53.4 Å². The minimum Gasteiger partial charge on any atom is -0.355 e. The fraction of sp³-hybridized carbons (Fsp3) is 0.316. The highest BCUT2D eigenvalue weighted by molar-refractivity contribution is 7.92. The smallest absolute Gasteiger partial charge is 0.355 e. The molecule has 0 unspecified atom stereocenters. The highest BCUT2D eigenvalue weighted by atomic mass is 32.2. The SMILES string of the molecule is CCCNC(=O)CN(c1cccc(C(F)(F)F)c1)S(=O)(=O)c1ccc(C)cc1. The first-order chi connectivity index (χ1) is 13.1. The largest absolute Gasteiger partial charge is 0.416 e. The molecule has 9 heteroatoms. The first kappa shape index (κ1) is 21.7. The van der Waals surface area contributed by atoms with Gasteiger partial charge in [-0.05, 0) is 43.7 Å². The number of carbonyl (C=O) groups is 1. The van der Waals surface area contributed by atoms with E-state index in [0.717, 1.165) is 23.8 Å². The van der Waals surface area contributed by atoms with Gasteiger partial charge in [0.15, 0.2) is 0 Å². The van der Waals surface area contributed by atoms with E-state index in [-0.39, 0.29) is 10.6 Å². The average Bonchev–Trinajstić information content (AvgIpc) is 2.64. The van der Waals surface area contributed by atoms with E-state index in [9.17, 15) is 26.4 Å². The maximum absolute atomic E-state index is 13.1. The van der Waals surface area contributed by atoms with Crippen molar-refractivity contribution in [2.45, 2.75) is 31.3 Å². The van der Waals surface area contributed by atoms with Gasteiger partial charge in [0, 0.05) is 6.54 Å². The van der Waals surface area contributed by atoms with E-state index in [1.165, 1.54) is 18.2 Å². The Kier molecular flexibility index (Phi) is 6.71. The van der Waals surface area contributed by atoms with E-state index in [0.29, 0.717) is 17.3 Å². The Bertz CT molecular complexity index is 926. The fourth-order valence-corrected chi connectivity index (χ4v) is 3.85. The molecule has 1 N–H and O–H groups in total. The second kappa shape index (κ2) is 8.64. The van der Waals surface area contributed by atoms with Crippen molar-refractivity contribution >= 4 is 21.6 Å². The minimum atomic E-state index is -4.64. The van der Waals surface area contributed by atoms with Crippen LogP contribution in [0.3, 0.4) is 0 Å². The van der Waals surface area contributed by atoms with Gasteiger partial charge in [-0.25, -0.2) is 8.42 Å². The number of halogens is 3. The quantitative estimate of drug-likeness (QED) is 0.751. The van der Waals surface area contributed by atoms with Crippen LogP contribution in [0.1, 0.15) is 24.5 Å². The van der Waals surface area contributed by atoms with Crippen LogP contribution in [0, 0.1) is 6.92 Å². The third-order valence-corrected chi connectivity index (χ3v) is 5.72. The van der Waals surface area contributed by atoms with Crippen molar-refractivity contribution in [3.63, 3.8) is 0 Å². The molecule has 2 aromatic carbocycles. The van der Waals surface area contributed by atoms with Gasteiger partial charge in [0.05, 0.1) is 16.1 Å². The van der Waals surface area contributed by atoms with Crippen molar-refractivity contribution in [2.75, 3.05) is 17.4 Å². The van der Waals surface area contributed by atoms with Crippen molar-refractivity contribution in [1.29, 1.82) is 0 Å². The summed E-state index contributed by atoms with van der Waals surface area (Å²) in [6.07, 6.45) is -4.00. The number of rotatable bonds is 7. The topological polar surface area (TPSA) is 66.5 Å². The molecule has 0 fully saturated rings. The van der Waals surface area contributed by atoms with Crippen LogP contribution in [0.25, 0.3) is 0 Å². The number of sulfonamides is 1. The molecule has 2 aromatic rings. The van der Waals surface area contributed by atoms with Crippen molar-refractivity contribution in [3.8, 4) is 0 Å². The monoisotopic (exact) mass is 414 g/mol. The molecular formula is C19H21F3N2O3S. The molecule has 28 heavy (non-hydrogen) atoms. The van der Waals surface area contributed by atoms with Gasteiger partial charge in [-0.2, -0.15) is 13.2 Å². The predicted molar refractivity (Wildman–Crippen MR) is 100 cm³/mol. The highest BCUT2D eigenvalue weighted by Crippen LogP contribution is 2.33. The number of benzene rings is 2. The number of hydrogen-bond donors (Lipinski definition) is 1. The van der Waals surface area contributed by atoms with Crippen molar-refractivity contribution in [2.24, 2.45) is 0 Å². The lowest BCUT2D eigenvalue weighted by molar-refractivity contribution is -0.137. The lowest BCUT2D eigenvalue weighted by Crippen LogP contribution is -2.41. The van der Waals surface area contributed by atoms with Gasteiger partial charge in [0.2, 0.25) is 5.91 Å². The summed E-state index contributed by atoms with van der Waals surface area (Å²) in [7, 11) is -4.25. The Morgan fingerprint density at radius 1 is 1.11 bits per heavy atom. The summed E-state index contributed by atoms with van der Waals surface area (Å²) in [5, 5.41) is 2.54. The Morgan fingerprint density at radius 2 is 1.75 bits per heavy atom. The summed E-state index contributed by atoms with van der Waals surface area (Å²) >= 11 is 0. The molecule has 0 aliphatic heterocycles. The van der Waals surface area contributed by atoms with Crippen LogP contribution < -0.4 is 9.62 Å². The molecule has 0 radical (unpaired) electrons. The molecule has 0 aliphatic rings. The number of carbonyl (C=O) groups excluding carboxylic acids is 1. The molecular weight excluding hydrogens is 393 g/mol. The number of alkyl halides is 3. The number of aryl methyl sites for hydroxylation is 1. The predicted octanol–water partition coefficient (Wildman–Crippen LogP) is 3.74. The van der Waals surface area contributed by atoms with Crippen LogP contribution in [0.4, 0.5) is 18.9 Å². The molecule has 5 nitrogen and oxygen atoms in total. The summed E-state index contributed by atoms with van der Waals surface area (Å²) in [5.41, 5.74) is -0.407. The van der Waals surface area contributed by atoms with E-state index in [4.69, 9.17) is 0 Å². The molecule has 152 valence electrons. The Balaban J connectivity index is 2.51. The van der Waals surface area contributed by atoms with E-state index >= 15 is 0 Å². The maximum atomic E-state index is 13.1. The fourth-order valence-electron chi connectivity index (χ4n) is 2.44. The summed E-state index contributed by atoms with van der Waals surface area (Å²) < 4.78 is 66.1. The second-order valence-corrected chi connectivity index (χ2v) is 8.09. The van der Waals surface area contributed by atoms with Gasteiger partial charge < -0.3 is 5.32 Å². The van der Waals surface area contributed by atoms with Gasteiger partial charge in [0.1, 0.15) is 6.54 Å². The molecule has 1 amide bonds. The number of nitrogens with one attached hydrogen (secondary N) is 1. The molecule has 0 heterocycles. The molecule has 0 atom stereocenters. The van der Waals surface area contributed by atoms with E-state index < -0.39 is 34.2 Å². The van der Waals surface area contributed by atoms with Crippen molar-refractivity contribution < 1.29 is 26.4 Å². The molecule has 2 rings (SSSR count). The minimum absolute atomic E-state index is 0.112. The van der Waals surface area contributed by atoms with Gasteiger partial charge in [-0.1, -0.05) is 30.7 Å². The van der Waals surface area contributed by atoms with Gasteiger partial charge in [0.25, 0.3) is 10.0 Å². The van der Waals surface area contributed by atoms with Crippen LogP contribution >= 0.6 is 0 Å². The normalized spacial score (nSPS) is 11.9. The lowest BCUT2D eigenvalue weighted by Gasteiger charge is -2.25. The number of amides is 1. The third-order valence-electron chi connectivity index (χ3n) is 3.93. The Morgan fingerprint density at radius 3 is 2.32 bits per heavy atom. The summed E-state index contributed by atoms with van der Waals surface area (Å²) in [5.74, 6) is -0.602. The van der Waals surface area contributed by atoms with Crippen LogP contribution in [-0.4, -0.2) is 27.4 Å². The first-order valence-electron chi connectivity index (χ1n) is 8.59. The average molecular weight is 414 g/mol. The van der Waals surface area contributed by atoms with Crippen LogP contribution in [-0.2, 0) is 21.0 Å². The van der Waals surface area contributed by atoms with E-state index in [1.54, 1.807) is 19.1 Å². The van der Waals surface area contributed by atoms with Crippen molar-refractivity contribution in [1.82, 2.24) is 5.32 Å². The number of nitrogens with zero attached hydrogens (tertiary/aromatic N) is 1. The zero-order valence-corrected chi connectivity index (χ0v) is 16.3. The van der Waals surface area contributed by atoms with Crippen molar-refractivity contribution in [3.05, 3.63) is 59.7 Å². The zero-order valence-electron chi connectivity index (χ0n) is 15.5. The standard InChI is InChI=1S/C19H21F3N2O3S/c1-3-11-23-18(25)13-24(16-6-4-5-15(12-16)19(20,21)22)28(26,27)17-9-7-14(2)8-10-17/h4-10,12H,3,11,13H2,1-2H3,(H,23,25). The van der Waals surface area contributed by atoms with E-state index in [2.05, 4.69) is 5.32 Å².